The number of benzene rings is 1. The molecule has 0 amide bonds. The van der Waals surface area contributed by atoms with Crippen molar-refractivity contribution in [2.75, 3.05) is 46.4 Å². The zero-order valence-corrected chi connectivity index (χ0v) is 13.3. The highest BCUT2D eigenvalue weighted by Gasteiger charge is 2.18. The summed E-state index contributed by atoms with van der Waals surface area (Å²) in [7, 11) is 2.27. The number of hydrogen-bond donors (Lipinski definition) is 2. The van der Waals surface area contributed by atoms with Crippen molar-refractivity contribution < 1.29 is 19.3 Å². The Bertz CT molecular complexity index is 454. The Labute approximate surface area is 127 Å². The predicted molar refractivity (Wildman–Crippen MR) is 83.4 cm³/mol. The Balaban J connectivity index is 1.65. The van der Waals surface area contributed by atoms with E-state index in [1.165, 1.54) is 39.1 Å². The van der Waals surface area contributed by atoms with Crippen LogP contribution in [0.15, 0.2) is 24.3 Å². The second kappa shape index (κ2) is 8.15. The van der Waals surface area contributed by atoms with Crippen LogP contribution in [0, 0.1) is 0 Å². The minimum Gasteiger partial charge on any atom is -0.493 e. The summed E-state index contributed by atoms with van der Waals surface area (Å²) in [5, 5.41) is 0. The number of carbonyl (C=O) groups excluding carboxylic acids is 1. The first kappa shape index (κ1) is 16.0. The molecule has 1 aliphatic heterocycles. The number of carbonyl (C=O) groups is 1. The van der Waals surface area contributed by atoms with Crippen LogP contribution in [-0.4, -0.2) is 52.2 Å². The summed E-state index contributed by atoms with van der Waals surface area (Å²) in [6.45, 7) is 8.68. The van der Waals surface area contributed by atoms with E-state index in [1.807, 2.05) is 24.3 Å². The van der Waals surface area contributed by atoms with Crippen LogP contribution in [0.3, 0.4) is 0 Å². The number of Topliss-reactive ketones (excluding diaryl/α,β-unsaturated/α-hetero) is 1. The lowest BCUT2D eigenvalue weighted by molar-refractivity contribution is -1.00. The van der Waals surface area contributed by atoms with Crippen molar-refractivity contribution in [2.45, 2.75) is 19.8 Å². The van der Waals surface area contributed by atoms with Gasteiger partial charge in [-0.2, -0.15) is 0 Å². The highest BCUT2D eigenvalue weighted by molar-refractivity contribution is 5.96. The molecule has 4 heteroatoms. The average Bonchev–Trinajstić information content (AvgIpc) is 2.49. The number of unbranched alkanes of at least 4 members (excludes halogenated alkanes) is 1. The van der Waals surface area contributed by atoms with E-state index in [1.54, 1.807) is 16.7 Å². The van der Waals surface area contributed by atoms with Crippen LogP contribution in [0.4, 0.5) is 0 Å². The van der Waals surface area contributed by atoms with Crippen molar-refractivity contribution in [2.24, 2.45) is 0 Å². The summed E-state index contributed by atoms with van der Waals surface area (Å²) in [4.78, 5) is 14.9. The summed E-state index contributed by atoms with van der Waals surface area (Å²) < 4.78 is 5.77. The number of ether oxygens (including phenoxy) is 1. The summed E-state index contributed by atoms with van der Waals surface area (Å²) >= 11 is 0. The van der Waals surface area contributed by atoms with Crippen LogP contribution < -0.4 is 14.5 Å². The number of likely N-dealkylation sites (N-methyl/N-ethyl adjacent to an activating group) is 1. The number of ketones is 1. The van der Waals surface area contributed by atoms with Crippen LogP contribution in [-0.2, 0) is 0 Å². The molecule has 0 unspecified atom stereocenters. The van der Waals surface area contributed by atoms with Crippen LogP contribution in [0.2, 0.25) is 0 Å². The Morgan fingerprint density at radius 2 is 1.86 bits per heavy atom. The molecule has 1 saturated heterocycles. The van der Waals surface area contributed by atoms with Gasteiger partial charge in [-0.3, -0.25) is 4.79 Å². The van der Waals surface area contributed by atoms with Crippen LogP contribution in [0.5, 0.6) is 5.75 Å². The minimum absolute atomic E-state index is 0.0648. The number of piperazine rings is 1. The standard InChI is InChI=1S/C17H26N2O2/c1-15(20)16-7-3-4-8-17(16)21-14-6-5-9-19-12-10-18(2)11-13-19/h3-4,7-8H,5-6,9-14H2,1-2H3/p+2. The van der Waals surface area contributed by atoms with Gasteiger partial charge in [0.2, 0.25) is 0 Å². The molecule has 1 fully saturated rings. The molecule has 2 N–H and O–H groups in total. The molecule has 21 heavy (non-hydrogen) atoms. The van der Waals surface area contributed by atoms with Gasteiger partial charge in [0, 0.05) is 0 Å². The zero-order valence-electron chi connectivity index (χ0n) is 13.3. The number of quaternary nitrogens is 2. The molecule has 0 spiro atoms. The third kappa shape index (κ3) is 5.14. The summed E-state index contributed by atoms with van der Waals surface area (Å²) in [6, 6.07) is 7.50. The first-order valence-corrected chi connectivity index (χ1v) is 8.04. The van der Waals surface area contributed by atoms with Gasteiger partial charge in [-0.1, -0.05) is 12.1 Å². The highest BCUT2D eigenvalue weighted by atomic mass is 16.5. The Morgan fingerprint density at radius 1 is 1.14 bits per heavy atom. The molecule has 2 rings (SSSR count). The van der Waals surface area contributed by atoms with Crippen molar-refractivity contribution in [1.29, 1.82) is 0 Å². The fourth-order valence-corrected chi connectivity index (χ4v) is 2.82. The molecule has 0 aliphatic carbocycles. The molecule has 116 valence electrons. The zero-order chi connectivity index (χ0) is 15.1. The lowest BCUT2D eigenvalue weighted by Gasteiger charge is -2.27. The van der Waals surface area contributed by atoms with E-state index in [2.05, 4.69) is 7.05 Å². The first-order chi connectivity index (χ1) is 10.2. The number of rotatable bonds is 7. The molecular formula is C17H28N2O2+2. The lowest BCUT2D eigenvalue weighted by Crippen LogP contribution is -3.27. The van der Waals surface area contributed by atoms with Crippen LogP contribution in [0.1, 0.15) is 30.1 Å². The second-order valence-corrected chi connectivity index (χ2v) is 6.07. The van der Waals surface area contributed by atoms with Gasteiger partial charge in [-0.05, 0) is 31.9 Å². The summed E-state index contributed by atoms with van der Waals surface area (Å²) in [5.41, 5.74) is 0.685. The van der Waals surface area contributed by atoms with Crippen molar-refractivity contribution in [3.63, 3.8) is 0 Å². The molecule has 0 saturated carbocycles. The quantitative estimate of drug-likeness (QED) is 0.523. The maximum absolute atomic E-state index is 11.5. The van der Waals surface area contributed by atoms with E-state index in [0.717, 1.165) is 12.2 Å². The molecule has 0 aromatic heterocycles. The van der Waals surface area contributed by atoms with Gasteiger partial charge in [0.25, 0.3) is 0 Å². The molecular weight excluding hydrogens is 264 g/mol. The van der Waals surface area contributed by atoms with E-state index in [4.69, 9.17) is 4.74 Å². The Morgan fingerprint density at radius 3 is 2.57 bits per heavy atom. The van der Waals surface area contributed by atoms with Crippen molar-refractivity contribution in [1.82, 2.24) is 0 Å². The molecule has 0 bridgehead atoms. The highest BCUT2D eigenvalue weighted by Crippen LogP contribution is 2.18. The monoisotopic (exact) mass is 292 g/mol. The smallest absolute Gasteiger partial charge is 0.163 e. The maximum atomic E-state index is 11.5. The van der Waals surface area contributed by atoms with E-state index in [-0.39, 0.29) is 5.78 Å². The molecule has 1 aliphatic rings. The van der Waals surface area contributed by atoms with E-state index >= 15 is 0 Å². The first-order valence-electron chi connectivity index (χ1n) is 8.04. The molecule has 1 heterocycles. The Hall–Kier alpha value is -1.39. The van der Waals surface area contributed by atoms with Crippen molar-refractivity contribution in [3.05, 3.63) is 29.8 Å². The van der Waals surface area contributed by atoms with Gasteiger partial charge in [0.1, 0.15) is 31.9 Å². The molecule has 1 aromatic carbocycles. The largest absolute Gasteiger partial charge is 0.493 e. The molecule has 1 aromatic rings. The maximum Gasteiger partial charge on any atom is 0.163 e. The number of para-hydroxylation sites is 1. The van der Waals surface area contributed by atoms with Gasteiger partial charge < -0.3 is 14.5 Å². The molecule has 4 nitrogen and oxygen atoms in total. The van der Waals surface area contributed by atoms with Crippen LogP contribution in [0.25, 0.3) is 0 Å². The minimum atomic E-state index is 0.0648. The van der Waals surface area contributed by atoms with Crippen molar-refractivity contribution >= 4 is 5.78 Å². The van der Waals surface area contributed by atoms with Crippen LogP contribution >= 0.6 is 0 Å². The lowest BCUT2D eigenvalue weighted by atomic mass is 10.1. The fourth-order valence-electron chi connectivity index (χ4n) is 2.82. The van der Waals surface area contributed by atoms with Gasteiger partial charge >= 0.3 is 0 Å². The third-order valence-electron chi connectivity index (χ3n) is 4.26. The summed E-state index contributed by atoms with van der Waals surface area (Å²) in [5.74, 6) is 0.788. The predicted octanol–water partition coefficient (Wildman–Crippen LogP) is -0.539. The fraction of sp³-hybridized carbons (Fsp3) is 0.588. The topological polar surface area (TPSA) is 35.2 Å². The van der Waals surface area contributed by atoms with E-state index in [9.17, 15) is 4.79 Å². The van der Waals surface area contributed by atoms with E-state index in [0.29, 0.717) is 12.2 Å². The van der Waals surface area contributed by atoms with Crippen molar-refractivity contribution in [3.8, 4) is 5.75 Å². The van der Waals surface area contributed by atoms with E-state index < -0.39 is 0 Å². The molecule has 0 radical (unpaired) electrons. The normalized spacial score (nSPS) is 22.0. The van der Waals surface area contributed by atoms with Gasteiger partial charge in [-0.15, -0.1) is 0 Å². The van der Waals surface area contributed by atoms with Gasteiger partial charge in [0.15, 0.2) is 5.78 Å². The average molecular weight is 292 g/mol. The molecule has 0 atom stereocenters. The number of hydrogen-bond acceptors (Lipinski definition) is 2. The third-order valence-corrected chi connectivity index (χ3v) is 4.26. The second-order valence-electron chi connectivity index (χ2n) is 6.07. The van der Waals surface area contributed by atoms with Gasteiger partial charge in [-0.25, -0.2) is 0 Å². The summed E-state index contributed by atoms with van der Waals surface area (Å²) in [6.07, 6.45) is 2.25. The SMILES string of the molecule is CC(=O)c1ccccc1OCCCC[NH+]1CC[NH+](C)CC1. The number of nitrogens with one attached hydrogen (secondary N) is 2. The van der Waals surface area contributed by atoms with Gasteiger partial charge in [0.05, 0.1) is 25.8 Å². The Kier molecular flexibility index (Phi) is 6.21.